The molecule has 0 fully saturated rings. The third-order valence-corrected chi connectivity index (χ3v) is 3.40. The minimum Gasteiger partial charge on any atom is -0.466 e. The van der Waals surface area contributed by atoms with E-state index in [1.807, 2.05) is 0 Å². The number of amides is 2. The molecule has 8 nitrogen and oxygen atoms in total. The second kappa shape index (κ2) is 10.2. The molecule has 0 aliphatic heterocycles. The number of rotatable bonds is 9. The molecule has 27 heavy (non-hydrogen) atoms. The smallest absolute Gasteiger partial charge is 0.312 e. The molecule has 0 heterocycles. The summed E-state index contributed by atoms with van der Waals surface area (Å²) in [7, 11) is 0. The van der Waals surface area contributed by atoms with Crippen LogP contribution in [0, 0.1) is 17.6 Å². The van der Waals surface area contributed by atoms with Crippen LogP contribution in [0.15, 0.2) is 18.2 Å². The summed E-state index contributed by atoms with van der Waals surface area (Å²) in [5.74, 6) is -7.46. The van der Waals surface area contributed by atoms with Crippen molar-refractivity contribution in [3.63, 3.8) is 0 Å². The van der Waals surface area contributed by atoms with Crippen molar-refractivity contribution in [2.45, 2.75) is 26.3 Å². The van der Waals surface area contributed by atoms with Gasteiger partial charge in [0.05, 0.1) is 25.6 Å². The predicted molar refractivity (Wildman–Crippen MR) is 88.2 cm³/mol. The fourth-order valence-corrected chi connectivity index (χ4v) is 2.27. The van der Waals surface area contributed by atoms with Crippen molar-refractivity contribution >= 4 is 23.8 Å². The molecule has 2 atom stereocenters. The van der Waals surface area contributed by atoms with Crippen LogP contribution in [0.1, 0.15) is 30.6 Å². The van der Waals surface area contributed by atoms with Crippen LogP contribution in [-0.2, 0) is 23.9 Å². The van der Waals surface area contributed by atoms with Gasteiger partial charge in [-0.2, -0.15) is 0 Å². The van der Waals surface area contributed by atoms with Crippen molar-refractivity contribution < 1.29 is 37.4 Å². The number of ether oxygens (including phenoxy) is 2. The van der Waals surface area contributed by atoms with Crippen molar-refractivity contribution in [1.82, 2.24) is 5.32 Å². The highest BCUT2D eigenvalue weighted by molar-refractivity contribution is 5.99. The van der Waals surface area contributed by atoms with Crippen molar-refractivity contribution in [3.05, 3.63) is 35.4 Å². The zero-order valence-corrected chi connectivity index (χ0v) is 14.8. The Labute approximate surface area is 154 Å². The van der Waals surface area contributed by atoms with Crippen LogP contribution in [0.25, 0.3) is 0 Å². The van der Waals surface area contributed by atoms with Crippen LogP contribution in [0.3, 0.4) is 0 Å². The lowest BCUT2D eigenvalue weighted by Gasteiger charge is -2.23. The third kappa shape index (κ3) is 6.65. The Morgan fingerprint density at radius 3 is 2.07 bits per heavy atom. The molecule has 0 aliphatic rings. The summed E-state index contributed by atoms with van der Waals surface area (Å²) in [6.07, 6.45) is -0.585. The van der Waals surface area contributed by atoms with Crippen LogP contribution in [0.5, 0.6) is 0 Å². The van der Waals surface area contributed by atoms with E-state index in [-0.39, 0.29) is 13.2 Å². The van der Waals surface area contributed by atoms with E-state index in [0.29, 0.717) is 6.07 Å². The quantitative estimate of drug-likeness (QED) is 0.602. The first-order chi connectivity index (χ1) is 12.7. The molecule has 0 unspecified atom stereocenters. The van der Waals surface area contributed by atoms with Gasteiger partial charge in [-0.1, -0.05) is 0 Å². The maximum Gasteiger partial charge on any atom is 0.312 e. The average molecular weight is 386 g/mol. The summed E-state index contributed by atoms with van der Waals surface area (Å²) in [4.78, 5) is 47.9. The first-order valence-electron chi connectivity index (χ1n) is 8.08. The number of primary amides is 1. The highest BCUT2D eigenvalue weighted by Crippen LogP contribution is 2.15. The predicted octanol–water partition coefficient (Wildman–Crippen LogP) is 0.681. The highest BCUT2D eigenvalue weighted by Gasteiger charge is 2.37. The molecule has 148 valence electrons. The number of nitrogens with one attached hydrogen (secondary N) is 1. The standard InChI is InChI=1S/C17H20F2N2O6/c1-3-26-13(22)8-12(17(25)27-4-2)14(15(20)23)21-16(24)9-5-10(18)7-11(19)6-9/h5-7,12,14H,3-4,8H2,1-2H3,(H2,20,23)(H,21,24)/t12-,14+/m1/s1. The number of benzene rings is 1. The van der Waals surface area contributed by atoms with Crippen LogP contribution >= 0.6 is 0 Å². The zero-order valence-electron chi connectivity index (χ0n) is 14.8. The Bertz CT molecular complexity index is 705. The van der Waals surface area contributed by atoms with Crippen LogP contribution in [0.4, 0.5) is 8.78 Å². The Morgan fingerprint density at radius 1 is 1.04 bits per heavy atom. The lowest BCUT2D eigenvalue weighted by molar-refractivity contribution is -0.156. The van der Waals surface area contributed by atoms with Gasteiger partial charge >= 0.3 is 11.9 Å². The Kier molecular flexibility index (Phi) is 8.31. The number of nitrogens with two attached hydrogens (primary N) is 1. The fourth-order valence-electron chi connectivity index (χ4n) is 2.27. The van der Waals surface area contributed by atoms with Gasteiger partial charge in [-0.15, -0.1) is 0 Å². The zero-order chi connectivity index (χ0) is 20.6. The third-order valence-electron chi connectivity index (χ3n) is 3.40. The summed E-state index contributed by atoms with van der Waals surface area (Å²) in [6.45, 7) is 3.03. The topological polar surface area (TPSA) is 125 Å². The second-order valence-electron chi connectivity index (χ2n) is 5.38. The molecule has 0 spiro atoms. The van der Waals surface area contributed by atoms with E-state index < -0.39 is 59.3 Å². The van der Waals surface area contributed by atoms with Crippen molar-refractivity contribution in [2.24, 2.45) is 11.7 Å². The van der Waals surface area contributed by atoms with E-state index in [1.165, 1.54) is 6.92 Å². The van der Waals surface area contributed by atoms with Gasteiger partial charge in [0.25, 0.3) is 5.91 Å². The average Bonchev–Trinajstić information content (AvgIpc) is 2.57. The van der Waals surface area contributed by atoms with Gasteiger partial charge in [0.2, 0.25) is 5.91 Å². The molecular weight excluding hydrogens is 366 g/mol. The van der Waals surface area contributed by atoms with Gasteiger partial charge in [-0.25, -0.2) is 8.78 Å². The Morgan fingerprint density at radius 2 is 1.59 bits per heavy atom. The molecule has 1 aromatic carbocycles. The van der Waals surface area contributed by atoms with Crippen LogP contribution < -0.4 is 11.1 Å². The molecule has 0 aromatic heterocycles. The van der Waals surface area contributed by atoms with E-state index in [9.17, 15) is 28.0 Å². The highest BCUT2D eigenvalue weighted by atomic mass is 19.1. The molecule has 3 N–H and O–H groups in total. The maximum absolute atomic E-state index is 13.3. The number of carbonyl (C=O) groups is 4. The largest absolute Gasteiger partial charge is 0.466 e. The lowest BCUT2D eigenvalue weighted by Crippen LogP contribution is -2.52. The normalized spacial score (nSPS) is 12.6. The first-order valence-corrected chi connectivity index (χ1v) is 8.08. The van der Waals surface area contributed by atoms with E-state index in [0.717, 1.165) is 12.1 Å². The molecule has 1 rings (SSSR count). The number of hydrogen-bond acceptors (Lipinski definition) is 6. The molecule has 0 saturated carbocycles. The first kappa shape index (κ1) is 22.0. The summed E-state index contributed by atoms with van der Waals surface area (Å²) < 4.78 is 36.1. The summed E-state index contributed by atoms with van der Waals surface area (Å²) >= 11 is 0. The summed E-state index contributed by atoms with van der Waals surface area (Å²) in [5, 5.41) is 2.12. The van der Waals surface area contributed by atoms with Gasteiger partial charge in [0, 0.05) is 11.6 Å². The van der Waals surface area contributed by atoms with Gasteiger partial charge in [-0.3, -0.25) is 19.2 Å². The number of esters is 2. The molecule has 1 aromatic rings. The molecule has 2 amide bonds. The molecule has 10 heteroatoms. The van der Waals surface area contributed by atoms with Crippen LogP contribution in [0.2, 0.25) is 0 Å². The van der Waals surface area contributed by atoms with Crippen molar-refractivity contribution in [3.8, 4) is 0 Å². The van der Waals surface area contributed by atoms with E-state index in [4.69, 9.17) is 15.2 Å². The molecule has 0 saturated heterocycles. The fraction of sp³-hybridized carbons (Fsp3) is 0.412. The number of hydrogen-bond donors (Lipinski definition) is 2. The minimum atomic E-state index is -1.66. The minimum absolute atomic E-state index is 0.0323. The number of carbonyl (C=O) groups excluding carboxylic acids is 4. The summed E-state index contributed by atoms with van der Waals surface area (Å²) in [6, 6.07) is 0.375. The van der Waals surface area contributed by atoms with Gasteiger partial charge in [-0.05, 0) is 26.0 Å². The number of halogens is 2. The summed E-state index contributed by atoms with van der Waals surface area (Å²) in [5.41, 5.74) is 4.81. The maximum atomic E-state index is 13.3. The van der Waals surface area contributed by atoms with E-state index in [1.54, 1.807) is 6.92 Å². The molecule has 0 bridgehead atoms. The molecule has 0 radical (unpaired) electrons. The SMILES string of the molecule is CCOC(=O)C[C@@H](C(=O)OCC)[C@H](NC(=O)c1cc(F)cc(F)c1)C(N)=O. The molecule has 0 aliphatic carbocycles. The Hall–Kier alpha value is -3.04. The van der Waals surface area contributed by atoms with Crippen LogP contribution in [-0.4, -0.2) is 43.0 Å². The van der Waals surface area contributed by atoms with E-state index >= 15 is 0 Å². The van der Waals surface area contributed by atoms with Gasteiger partial charge in [0.15, 0.2) is 0 Å². The lowest BCUT2D eigenvalue weighted by atomic mass is 9.95. The second-order valence-corrected chi connectivity index (χ2v) is 5.38. The van der Waals surface area contributed by atoms with Crippen molar-refractivity contribution in [2.75, 3.05) is 13.2 Å². The van der Waals surface area contributed by atoms with Gasteiger partial charge in [0.1, 0.15) is 17.7 Å². The van der Waals surface area contributed by atoms with Crippen molar-refractivity contribution in [1.29, 1.82) is 0 Å². The van der Waals surface area contributed by atoms with Gasteiger partial charge < -0.3 is 20.5 Å². The molecular formula is C17H20F2N2O6. The monoisotopic (exact) mass is 386 g/mol. The van der Waals surface area contributed by atoms with E-state index in [2.05, 4.69) is 5.32 Å². The Balaban J connectivity index is 3.11.